The minimum absolute atomic E-state index is 0.0901. The molecule has 17 heavy (non-hydrogen) atoms. The van der Waals surface area contributed by atoms with Gasteiger partial charge in [0.25, 0.3) is 0 Å². The molecule has 0 aliphatic carbocycles. The van der Waals surface area contributed by atoms with Crippen LogP contribution in [0.2, 0.25) is 0 Å². The summed E-state index contributed by atoms with van der Waals surface area (Å²) in [5.74, 6) is -0.0901. The molecule has 0 saturated heterocycles. The minimum atomic E-state index is -0.553. The first-order valence-electron chi connectivity index (χ1n) is 6.34. The molecule has 0 unspecified atom stereocenters. The van der Waals surface area contributed by atoms with Crippen LogP contribution < -0.4 is 11.1 Å². The standard InChI is InChI=1S/C14H22N2O/c1-2-3-4-8-11-16-14(17)13(15)12-9-6-5-7-10-12/h5-7,9-10,13H,2-4,8,11,15H2,1H3,(H,16,17)/t13-/m0/s1. The first-order valence-corrected chi connectivity index (χ1v) is 6.34. The monoisotopic (exact) mass is 234 g/mol. The fraction of sp³-hybridized carbons (Fsp3) is 0.500. The molecule has 1 aromatic rings. The van der Waals surface area contributed by atoms with Crippen molar-refractivity contribution in [2.24, 2.45) is 5.73 Å². The van der Waals surface area contributed by atoms with Gasteiger partial charge in [0.05, 0.1) is 0 Å². The molecule has 1 rings (SSSR count). The Morgan fingerprint density at radius 1 is 1.24 bits per heavy atom. The molecule has 0 spiro atoms. The van der Waals surface area contributed by atoms with Gasteiger partial charge in [-0.3, -0.25) is 4.79 Å². The van der Waals surface area contributed by atoms with E-state index in [1.54, 1.807) is 0 Å². The van der Waals surface area contributed by atoms with E-state index in [4.69, 9.17) is 5.73 Å². The van der Waals surface area contributed by atoms with Gasteiger partial charge in [0, 0.05) is 6.54 Å². The van der Waals surface area contributed by atoms with E-state index in [1.807, 2.05) is 30.3 Å². The Kier molecular flexibility index (Phi) is 6.33. The van der Waals surface area contributed by atoms with E-state index in [1.165, 1.54) is 12.8 Å². The number of carbonyl (C=O) groups excluding carboxylic acids is 1. The zero-order chi connectivity index (χ0) is 12.5. The van der Waals surface area contributed by atoms with Gasteiger partial charge in [0.15, 0.2) is 0 Å². The summed E-state index contributed by atoms with van der Waals surface area (Å²) in [4.78, 5) is 11.7. The summed E-state index contributed by atoms with van der Waals surface area (Å²) in [6, 6.07) is 8.90. The third-order valence-corrected chi connectivity index (χ3v) is 2.77. The van der Waals surface area contributed by atoms with E-state index in [0.29, 0.717) is 0 Å². The van der Waals surface area contributed by atoms with Crippen LogP contribution in [-0.2, 0) is 4.79 Å². The van der Waals surface area contributed by atoms with Crippen molar-refractivity contribution in [3.8, 4) is 0 Å². The second-order valence-electron chi connectivity index (χ2n) is 4.24. The van der Waals surface area contributed by atoms with E-state index >= 15 is 0 Å². The fourth-order valence-electron chi connectivity index (χ4n) is 1.69. The lowest BCUT2D eigenvalue weighted by atomic mass is 10.1. The average Bonchev–Trinajstić information content (AvgIpc) is 2.38. The highest BCUT2D eigenvalue weighted by Gasteiger charge is 2.14. The number of nitrogens with one attached hydrogen (secondary N) is 1. The summed E-state index contributed by atoms with van der Waals surface area (Å²) in [6.07, 6.45) is 4.62. The zero-order valence-electron chi connectivity index (χ0n) is 10.5. The fourth-order valence-corrected chi connectivity index (χ4v) is 1.69. The van der Waals surface area contributed by atoms with Gasteiger partial charge in [-0.05, 0) is 12.0 Å². The second kappa shape index (κ2) is 7.85. The third kappa shape index (κ3) is 5.00. The van der Waals surface area contributed by atoms with E-state index in [9.17, 15) is 4.79 Å². The van der Waals surface area contributed by atoms with Crippen LogP contribution >= 0.6 is 0 Å². The Labute approximate surface area is 103 Å². The maximum absolute atomic E-state index is 11.7. The molecule has 3 N–H and O–H groups in total. The smallest absolute Gasteiger partial charge is 0.241 e. The van der Waals surface area contributed by atoms with Crippen LogP contribution in [0.15, 0.2) is 30.3 Å². The Morgan fingerprint density at radius 2 is 1.94 bits per heavy atom. The number of hydrogen-bond donors (Lipinski definition) is 2. The SMILES string of the molecule is CCCCCCNC(=O)[C@@H](N)c1ccccc1. The predicted molar refractivity (Wildman–Crippen MR) is 70.5 cm³/mol. The Bertz CT molecular complexity index is 324. The summed E-state index contributed by atoms with van der Waals surface area (Å²) < 4.78 is 0. The number of hydrogen-bond acceptors (Lipinski definition) is 2. The highest BCUT2D eigenvalue weighted by atomic mass is 16.2. The van der Waals surface area contributed by atoms with Crippen LogP contribution in [0.1, 0.15) is 44.2 Å². The molecule has 3 nitrogen and oxygen atoms in total. The Hall–Kier alpha value is -1.35. The van der Waals surface area contributed by atoms with Gasteiger partial charge in [0.1, 0.15) is 6.04 Å². The molecule has 3 heteroatoms. The number of carbonyl (C=O) groups is 1. The van der Waals surface area contributed by atoms with Gasteiger partial charge in [-0.25, -0.2) is 0 Å². The number of amides is 1. The van der Waals surface area contributed by atoms with Crippen molar-refractivity contribution in [1.82, 2.24) is 5.32 Å². The molecule has 0 aliphatic heterocycles. The summed E-state index contributed by atoms with van der Waals surface area (Å²) in [7, 11) is 0. The molecule has 0 saturated carbocycles. The van der Waals surface area contributed by atoms with E-state index in [0.717, 1.165) is 24.9 Å². The van der Waals surface area contributed by atoms with Crippen molar-refractivity contribution < 1.29 is 4.79 Å². The van der Waals surface area contributed by atoms with Gasteiger partial charge in [-0.1, -0.05) is 56.5 Å². The highest BCUT2D eigenvalue weighted by molar-refractivity contribution is 5.82. The van der Waals surface area contributed by atoms with Gasteiger partial charge in [-0.2, -0.15) is 0 Å². The molecule has 94 valence electrons. The molecule has 1 atom stereocenters. The number of nitrogens with two attached hydrogens (primary N) is 1. The molecule has 0 fully saturated rings. The number of benzene rings is 1. The Balaban J connectivity index is 2.28. The maximum Gasteiger partial charge on any atom is 0.241 e. The van der Waals surface area contributed by atoms with Crippen LogP contribution in [0.25, 0.3) is 0 Å². The van der Waals surface area contributed by atoms with Crippen LogP contribution in [0.3, 0.4) is 0 Å². The van der Waals surface area contributed by atoms with Crippen LogP contribution in [0, 0.1) is 0 Å². The average molecular weight is 234 g/mol. The normalized spacial score (nSPS) is 12.1. The zero-order valence-corrected chi connectivity index (χ0v) is 10.5. The number of rotatable bonds is 7. The topological polar surface area (TPSA) is 55.1 Å². The number of unbranched alkanes of at least 4 members (excludes halogenated alkanes) is 3. The lowest BCUT2D eigenvalue weighted by Gasteiger charge is -2.12. The Morgan fingerprint density at radius 3 is 2.59 bits per heavy atom. The maximum atomic E-state index is 11.7. The largest absolute Gasteiger partial charge is 0.354 e. The summed E-state index contributed by atoms with van der Waals surface area (Å²) >= 11 is 0. The summed E-state index contributed by atoms with van der Waals surface area (Å²) in [6.45, 7) is 2.89. The highest BCUT2D eigenvalue weighted by Crippen LogP contribution is 2.09. The molecule has 0 bridgehead atoms. The van der Waals surface area contributed by atoms with Crippen molar-refractivity contribution in [2.75, 3.05) is 6.54 Å². The van der Waals surface area contributed by atoms with Crippen molar-refractivity contribution in [3.63, 3.8) is 0 Å². The van der Waals surface area contributed by atoms with Crippen LogP contribution in [0.5, 0.6) is 0 Å². The van der Waals surface area contributed by atoms with Gasteiger partial charge >= 0.3 is 0 Å². The lowest BCUT2D eigenvalue weighted by molar-refractivity contribution is -0.122. The molecule has 0 radical (unpaired) electrons. The lowest BCUT2D eigenvalue weighted by Crippen LogP contribution is -2.34. The first-order chi connectivity index (χ1) is 8.25. The van der Waals surface area contributed by atoms with Crippen LogP contribution in [-0.4, -0.2) is 12.5 Å². The predicted octanol–water partition coefficient (Wildman–Crippen LogP) is 2.38. The first kappa shape index (κ1) is 13.7. The second-order valence-corrected chi connectivity index (χ2v) is 4.24. The van der Waals surface area contributed by atoms with Gasteiger partial charge < -0.3 is 11.1 Å². The van der Waals surface area contributed by atoms with Crippen LogP contribution in [0.4, 0.5) is 0 Å². The van der Waals surface area contributed by atoms with E-state index < -0.39 is 6.04 Å². The summed E-state index contributed by atoms with van der Waals surface area (Å²) in [5, 5.41) is 2.88. The molecule has 0 aromatic heterocycles. The van der Waals surface area contributed by atoms with Crippen molar-refractivity contribution in [3.05, 3.63) is 35.9 Å². The molecule has 1 amide bonds. The van der Waals surface area contributed by atoms with Gasteiger partial charge in [-0.15, -0.1) is 0 Å². The molecular weight excluding hydrogens is 212 g/mol. The molecule has 0 aliphatic rings. The van der Waals surface area contributed by atoms with Crippen molar-refractivity contribution in [1.29, 1.82) is 0 Å². The quantitative estimate of drug-likeness (QED) is 0.712. The molecule has 1 aromatic carbocycles. The van der Waals surface area contributed by atoms with E-state index in [-0.39, 0.29) is 5.91 Å². The molecule has 0 heterocycles. The molecular formula is C14H22N2O. The summed E-state index contributed by atoms with van der Waals surface area (Å²) in [5.41, 5.74) is 6.73. The van der Waals surface area contributed by atoms with Crippen molar-refractivity contribution >= 4 is 5.91 Å². The minimum Gasteiger partial charge on any atom is -0.354 e. The third-order valence-electron chi connectivity index (χ3n) is 2.77. The van der Waals surface area contributed by atoms with Crippen molar-refractivity contribution in [2.45, 2.75) is 38.6 Å². The van der Waals surface area contributed by atoms with Gasteiger partial charge in [0.2, 0.25) is 5.91 Å². The van der Waals surface area contributed by atoms with E-state index in [2.05, 4.69) is 12.2 Å².